The number of H-pyrrole nitrogens is 2. The molecule has 7 aromatic rings. The van der Waals surface area contributed by atoms with Gasteiger partial charge >= 0.3 is 13.2 Å². The van der Waals surface area contributed by atoms with E-state index in [1.165, 1.54) is 6.20 Å². The number of carbonyl (C=O) groups is 1. The third-order valence-corrected chi connectivity index (χ3v) is 13.4. The lowest BCUT2D eigenvalue weighted by Gasteiger charge is -2.32. The summed E-state index contributed by atoms with van der Waals surface area (Å²) < 4.78 is 19.9. The van der Waals surface area contributed by atoms with E-state index >= 15 is 0 Å². The zero-order valence-corrected chi connectivity index (χ0v) is 46.3. The van der Waals surface area contributed by atoms with Crippen LogP contribution < -0.4 is 33.4 Å². The Morgan fingerprint density at radius 2 is 1.48 bits per heavy atom. The van der Waals surface area contributed by atoms with E-state index in [-0.39, 0.29) is 24.2 Å². The molecule has 0 unspecified atom stereocenters. The van der Waals surface area contributed by atoms with Gasteiger partial charge in [0.1, 0.15) is 5.60 Å². The molecule has 4 aromatic carbocycles. The molecule has 1 fully saturated rings. The number of allylic oxidation sites excluding steroid dienone is 1. The Balaban J connectivity index is 0.000000190. The summed E-state index contributed by atoms with van der Waals surface area (Å²) in [4.78, 5) is 47.7. The number of nitrogens with zero attached hydrogens (tertiary/aromatic N) is 7. The molecule has 8 rings (SSSR count). The summed E-state index contributed by atoms with van der Waals surface area (Å²) in [5.74, 6) is 0. The van der Waals surface area contributed by atoms with E-state index in [2.05, 4.69) is 61.4 Å². The lowest BCUT2D eigenvalue weighted by molar-refractivity contribution is 0.00578. The van der Waals surface area contributed by atoms with E-state index in [0.717, 1.165) is 49.9 Å². The number of rotatable bonds is 8. The summed E-state index contributed by atoms with van der Waals surface area (Å²) in [6.45, 7) is 34.3. The molecule has 388 valence electrons. The third kappa shape index (κ3) is 12.6. The number of amides is 1. The number of halogens is 2. The number of aromatic amines is 2. The second-order valence-electron chi connectivity index (χ2n) is 19.6. The summed E-state index contributed by atoms with van der Waals surface area (Å²) in [6, 6.07) is 18.4. The van der Waals surface area contributed by atoms with Crippen LogP contribution in [0.15, 0.2) is 92.1 Å². The van der Waals surface area contributed by atoms with Crippen molar-refractivity contribution in [1.29, 1.82) is 0 Å². The SMILES string of the molecule is CC(C)(C)OC(=O)NCc1n[nH]c(=O)c2ccc(B3OC(C)(C)C(C)(C)O3)cc12.[C-]#[N+]c1c(C)cc(C)cc1-c1c(-c2ccc3c(=O)[nH]nc(CN)c3c2)cnn1C.[C-]#[N+]c1c(C)cc(Cl)cc1C(=NC)C(Br)=CN. The van der Waals surface area contributed by atoms with E-state index in [1.807, 2.05) is 91.9 Å². The number of fused-ring (bicyclic) bond motifs is 2. The van der Waals surface area contributed by atoms with Gasteiger partial charge in [0, 0.05) is 59.3 Å². The predicted octanol–water partition coefficient (Wildman–Crippen LogP) is 9.68. The molecular formula is C54H59BBrClN12O6. The number of hydrogen-bond acceptors (Lipinski definition) is 12. The second kappa shape index (κ2) is 23.0. The highest BCUT2D eigenvalue weighted by molar-refractivity contribution is 9.12. The summed E-state index contributed by atoms with van der Waals surface area (Å²) >= 11 is 9.32. The Morgan fingerprint density at radius 3 is 2.05 bits per heavy atom. The fourth-order valence-electron chi connectivity index (χ4n) is 8.27. The van der Waals surface area contributed by atoms with Gasteiger partial charge in [-0.3, -0.25) is 19.3 Å². The molecule has 18 nitrogen and oxygen atoms in total. The molecule has 0 radical (unpaired) electrons. The Morgan fingerprint density at radius 1 is 0.893 bits per heavy atom. The average molecular weight is 1100 g/mol. The van der Waals surface area contributed by atoms with Crippen LogP contribution in [0.4, 0.5) is 16.2 Å². The minimum Gasteiger partial charge on any atom is -0.444 e. The maximum absolute atomic E-state index is 12.2. The van der Waals surface area contributed by atoms with Gasteiger partial charge in [-0.15, -0.1) is 0 Å². The molecule has 7 N–H and O–H groups in total. The molecule has 0 aliphatic carbocycles. The van der Waals surface area contributed by atoms with Crippen LogP contribution in [-0.2, 0) is 34.2 Å². The minimum atomic E-state index is -0.603. The van der Waals surface area contributed by atoms with E-state index < -0.39 is 30.0 Å². The third-order valence-electron chi connectivity index (χ3n) is 12.6. The van der Waals surface area contributed by atoms with Crippen LogP contribution in [-0.4, -0.2) is 72.9 Å². The van der Waals surface area contributed by atoms with Crippen molar-refractivity contribution in [3.8, 4) is 22.4 Å². The van der Waals surface area contributed by atoms with Gasteiger partial charge in [-0.2, -0.15) is 15.3 Å². The van der Waals surface area contributed by atoms with Gasteiger partial charge in [0.15, 0.2) is 11.4 Å². The highest BCUT2D eigenvalue weighted by Gasteiger charge is 2.51. The molecule has 21 heteroatoms. The monoisotopic (exact) mass is 1100 g/mol. The molecule has 1 saturated heterocycles. The fourth-order valence-corrected chi connectivity index (χ4v) is 8.93. The number of nitrogens with one attached hydrogen (secondary N) is 3. The van der Waals surface area contributed by atoms with Crippen LogP contribution in [0.3, 0.4) is 0 Å². The quantitative estimate of drug-likeness (QED) is 0.0545. The molecule has 0 spiro atoms. The predicted molar refractivity (Wildman–Crippen MR) is 301 cm³/mol. The van der Waals surface area contributed by atoms with Crippen molar-refractivity contribution in [2.24, 2.45) is 23.5 Å². The molecule has 1 amide bonds. The van der Waals surface area contributed by atoms with E-state index in [9.17, 15) is 14.4 Å². The Hall–Kier alpha value is -7.46. The van der Waals surface area contributed by atoms with E-state index in [1.54, 1.807) is 63.0 Å². The van der Waals surface area contributed by atoms with Crippen LogP contribution in [0.25, 0.3) is 53.6 Å². The number of aliphatic imine (C=N–C) groups is 1. The molecule has 1 aliphatic rings. The summed E-state index contributed by atoms with van der Waals surface area (Å²) in [5.41, 5.74) is 19.8. The first-order valence-corrected chi connectivity index (χ1v) is 24.7. The van der Waals surface area contributed by atoms with Gasteiger partial charge < -0.3 is 30.8 Å². The smallest absolute Gasteiger partial charge is 0.444 e. The molecule has 1 aliphatic heterocycles. The molecule has 4 heterocycles. The first-order valence-electron chi connectivity index (χ1n) is 23.6. The lowest BCUT2D eigenvalue weighted by Crippen LogP contribution is -2.41. The topological polar surface area (TPSA) is 239 Å². The van der Waals surface area contributed by atoms with Crippen LogP contribution in [0.1, 0.15) is 82.1 Å². The Labute approximate surface area is 448 Å². The van der Waals surface area contributed by atoms with Crippen molar-refractivity contribution >= 4 is 84.8 Å². The number of nitrogens with two attached hydrogens (primary N) is 2. The van der Waals surface area contributed by atoms with Crippen LogP contribution in [0.2, 0.25) is 5.02 Å². The summed E-state index contributed by atoms with van der Waals surface area (Å²) in [7, 11) is 2.95. The average Bonchev–Trinajstić information content (AvgIpc) is 3.84. The van der Waals surface area contributed by atoms with Gasteiger partial charge in [-0.05, 0) is 132 Å². The number of aryl methyl sites for hydroxylation is 4. The first-order chi connectivity index (χ1) is 35.3. The highest BCUT2D eigenvalue weighted by Crippen LogP contribution is 2.41. The van der Waals surface area contributed by atoms with Gasteiger partial charge in [0.25, 0.3) is 11.1 Å². The fraction of sp³-hybridized carbons (Fsp3) is 0.315. The molecule has 0 bridgehead atoms. The highest BCUT2D eigenvalue weighted by atomic mass is 79.9. The number of alkyl carbamates (subject to hydrolysis) is 1. The minimum absolute atomic E-state index is 0.106. The Kier molecular flexibility index (Phi) is 17.4. The number of aromatic nitrogens is 6. The number of benzene rings is 4. The molecule has 75 heavy (non-hydrogen) atoms. The number of ether oxygens (including phenoxy) is 1. The van der Waals surface area contributed by atoms with Crippen molar-refractivity contribution in [3.63, 3.8) is 0 Å². The van der Waals surface area contributed by atoms with Crippen molar-refractivity contribution in [2.75, 3.05) is 7.05 Å². The van der Waals surface area contributed by atoms with Crippen LogP contribution in [0.5, 0.6) is 0 Å². The van der Waals surface area contributed by atoms with Crippen LogP contribution >= 0.6 is 27.5 Å². The van der Waals surface area contributed by atoms with Crippen LogP contribution in [0, 0.1) is 33.9 Å². The van der Waals surface area contributed by atoms with E-state index in [0.29, 0.717) is 59.7 Å². The molecular weight excluding hydrogens is 1040 g/mol. The first kappa shape index (κ1) is 56.8. The van der Waals surface area contributed by atoms with Gasteiger partial charge in [-0.25, -0.2) is 24.7 Å². The maximum Gasteiger partial charge on any atom is 0.494 e. The summed E-state index contributed by atoms with van der Waals surface area (Å²) in [5, 5.41) is 23.2. The van der Waals surface area contributed by atoms with Gasteiger partial charge in [0.2, 0.25) is 0 Å². The van der Waals surface area contributed by atoms with Crippen molar-refractivity contribution in [2.45, 2.75) is 99.1 Å². The molecule has 3 aromatic heterocycles. The van der Waals surface area contributed by atoms with Gasteiger partial charge in [-0.1, -0.05) is 53.6 Å². The summed E-state index contributed by atoms with van der Waals surface area (Å²) in [6.07, 6.45) is 2.62. The van der Waals surface area contributed by atoms with E-state index in [4.69, 9.17) is 50.3 Å². The molecule has 0 saturated carbocycles. The van der Waals surface area contributed by atoms with Crippen molar-refractivity contribution < 1.29 is 18.8 Å². The standard InChI is InChI=1S/C22H20N6O.C20H28BN3O5.C12H11BrClN3/c1-12-7-13(2)20(24-3)17(8-12)21-18(11-25-28(21)4)14-5-6-15-16(9-14)19(10-23)26-27-22(15)29;1-18(2,3)27-17(26)22-11-15-14-10-12(8-9-13(14)16(25)24-23-15)21-28-19(4,5)20(6,7)29-21;1-7-4-8(14)5-9(11(7)16-2)12(17-3)10(13)6-15/h5-9,11H,10,23H2,1-2,4H3,(H,27,29);8-10H,11H2,1-7H3,(H,22,26)(H,24,25);4-6H,15H2,1,3H3. The van der Waals surface area contributed by atoms with Crippen molar-refractivity contribution in [3.05, 3.63) is 160 Å². The van der Waals surface area contributed by atoms with Gasteiger partial charge in [0.05, 0.1) is 75.1 Å². The molecule has 0 atom stereocenters. The zero-order valence-electron chi connectivity index (χ0n) is 43.9. The normalized spacial score (nSPS) is 14.1. The lowest BCUT2D eigenvalue weighted by atomic mass is 9.78. The number of hydrogen-bond donors (Lipinski definition) is 5. The number of carbonyl (C=O) groups excluding carboxylic acids is 1. The zero-order chi connectivity index (χ0) is 55.3. The second-order valence-corrected chi connectivity index (χ2v) is 20.9. The maximum atomic E-state index is 12.2. The van der Waals surface area contributed by atoms with Crippen molar-refractivity contribution in [1.82, 2.24) is 35.5 Å². The Bertz CT molecular complexity index is 3600. The largest absolute Gasteiger partial charge is 0.494 e.